The minimum absolute atomic E-state index is 0.0822. The van der Waals surface area contributed by atoms with Gasteiger partial charge in [0.15, 0.2) is 0 Å². The summed E-state index contributed by atoms with van der Waals surface area (Å²) in [5, 5.41) is 4.85. The lowest BCUT2D eigenvalue weighted by Crippen LogP contribution is -2.52. The smallest absolute Gasteiger partial charge is 0.295 e. The number of hydrogen-bond donors (Lipinski definition) is 1. The number of ether oxygens (including phenoxy) is 1. The number of fused-ring (bicyclic) bond motifs is 1. The van der Waals surface area contributed by atoms with Gasteiger partial charge in [-0.25, -0.2) is 9.67 Å². The van der Waals surface area contributed by atoms with Crippen LogP contribution in [-0.2, 0) is 4.79 Å². The van der Waals surface area contributed by atoms with E-state index in [1.54, 1.807) is 41.0 Å². The van der Waals surface area contributed by atoms with Gasteiger partial charge >= 0.3 is 0 Å². The molecule has 2 amide bonds. The van der Waals surface area contributed by atoms with Crippen LogP contribution in [0.4, 0.5) is 0 Å². The number of aromatic nitrogens is 4. The monoisotopic (exact) mass is 472 g/mol. The van der Waals surface area contributed by atoms with Gasteiger partial charge in [0, 0.05) is 37.9 Å². The standard InChI is InChI=1S/C25H24N6O4/c1-16-27-15-31(28-16)19-8-9-20(35-2)21-18(14-26-22(19)21)23(32)25(34)30-12-10-29(11-13-30)24(33)17-6-4-3-5-7-17/h3-9,14-15,26H,10-13H2,1-2H3. The maximum atomic E-state index is 13.3. The Hall–Kier alpha value is -4.47. The molecule has 2 aromatic carbocycles. The van der Waals surface area contributed by atoms with Gasteiger partial charge < -0.3 is 19.5 Å². The lowest BCUT2D eigenvalue weighted by molar-refractivity contribution is -0.127. The Balaban J connectivity index is 1.37. The van der Waals surface area contributed by atoms with Gasteiger partial charge in [0.2, 0.25) is 0 Å². The van der Waals surface area contributed by atoms with E-state index in [4.69, 9.17) is 4.74 Å². The highest BCUT2D eigenvalue weighted by Crippen LogP contribution is 2.33. The third kappa shape index (κ3) is 4.03. The number of piperazine rings is 1. The Morgan fingerprint density at radius 3 is 2.34 bits per heavy atom. The van der Waals surface area contributed by atoms with E-state index in [1.807, 2.05) is 24.3 Å². The molecular weight excluding hydrogens is 448 g/mol. The molecule has 2 aromatic heterocycles. The molecular formula is C25H24N6O4. The van der Waals surface area contributed by atoms with Crippen molar-refractivity contribution in [3.8, 4) is 11.4 Å². The minimum atomic E-state index is -0.635. The molecule has 35 heavy (non-hydrogen) atoms. The topological polar surface area (TPSA) is 113 Å². The molecule has 0 spiro atoms. The number of aryl methyl sites for hydroxylation is 1. The summed E-state index contributed by atoms with van der Waals surface area (Å²) >= 11 is 0. The van der Waals surface area contributed by atoms with Crippen molar-refractivity contribution in [1.82, 2.24) is 29.5 Å². The van der Waals surface area contributed by atoms with Gasteiger partial charge in [-0.2, -0.15) is 5.10 Å². The zero-order valence-corrected chi connectivity index (χ0v) is 19.4. The zero-order chi connectivity index (χ0) is 24.5. The third-order valence-corrected chi connectivity index (χ3v) is 6.16. The fraction of sp³-hybridized carbons (Fsp3) is 0.240. The number of carbonyl (C=O) groups excluding carboxylic acids is 3. The van der Waals surface area contributed by atoms with Crippen molar-refractivity contribution in [3.05, 3.63) is 71.9 Å². The van der Waals surface area contributed by atoms with Gasteiger partial charge in [-0.05, 0) is 31.2 Å². The molecule has 4 aromatic rings. The SMILES string of the molecule is COc1ccc(-n2cnc(C)n2)c2[nH]cc(C(=O)C(=O)N3CCN(C(=O)c4ccccc4)CC3)c12. The van der Waals surface area contributed by atoms with Crippen LogP contribution in [0.15, 0.2) is 55.0 Å². The summed E-state index contributed by atoms with van der Waals surface area (Å²) in [4.78, 5) is 49.6. The quantitative estimate of drug-likeness (QED) is 0.352. The Kier molecular flexibility index (Phi) is 5.77. The van der Waals surface area contributed by atoms with E-state index >= 15 is 0 Å². The number of hydrogen-bond acceptors (Lipinski definition) is 6. The van der Waals surface area contributed by atoms with Crippen LogP contribution in [0.25, 0.3) is 16.6 Å². The van der Waals surface area contributed by atoms with Crippen molar-refractivity contribution in [2.75, 3.05) is 33.3 Å². The van der Waals surface area contributed by atoms with E-state index < -0.39 is 11.7 Å². The van der Waals surface area contributed by atoms with Gasteiger partial charge in [-0.15, -0.1) is 0 Å². The van der Waals surface area contributed by atoms with Crippen LogP contribution in [-0.4, -0.2) is 80.4 Å². The number of benzene rings is 2. The van der Waals surface area contributed by atoms with Crippen LogP contribution in [0.3, 0.4) is 0 Å². The first-order valence-electron chi connectivity index (χ1n) is 11.2. The molecule has 1 fully saturated rings. The van der Waals surface area contributed by atoms with Crippen molar-refractivity contribution >= 4 is 28.5 Å². The zero-order valence-electron chi connectivity index (χ0n) is 19.4. The summed E-state index contributed by atoms with van der Waals surface area (Å²) < 4.78 is 7.10. The highest BCUT2D eigenvalue weighted by atomic mass is 16.5. The van der Waals surface area contributed by atoms with Gasteiger partial charge in [0.1, 0.15) is 17.9 Å². The van der Waals surface area contributed by atoms with Crippen LogP contribution in [0, 0.1) is 6.92 Å². The number of H-pyrrole nitrogens is 1. The largest absolute Gasteiger partial charge is 0.496 e. The molecule has 3 heterocycles. The molecule has 1 N–H and O–H groups in total. The van der Waals surface area contributed by atoms with Gasteiger partial charge in [0.05, 0.1) is 29.3 Å². The molecule has 5 rings (SSSR count). The highest BCUT2D eigenvalue weighted by molar-refractivity contribution is 6.45. The number of aromatic amines is 1. The summed E-state index contributed by atoms with van der Waals surface area (Å²) in [7, 11) is 1.51. The maximum absolute atomic E-state index is 13.3. The van der Waals surface area contributed by atoms with Crippen LogP contribution in [0.2, 0.25) is 0 Å². The molecule has 0 bridgehead atoms. The number of nitrogens with zero attached hydrogens (tertiary/aromatic N) is 5. The molecule has 1 aliphatic rings. The number of carbonyl (C=O) groups is 3. The second kappa shape index (κ2) is 9.05. The van der Waals surface area contributed by atoms with E-state index in [9.17, 15) is 14.4 Å². The fourth-order valence-corrected chi connectivity index (χ4v) is 4.34. The first-order valence-corrected chi connectivity index (χ1v) is 11.2. The Labute approximate surface area is 201 Å². The van der Waals surface area contributed by atoms with Gasteiger partial charge in [0.25, 0.3) is 17.6 Å². The van der Waals surface area contributed by atoms with Crippen molar-refractivity contribution in [2.45, 2.75) is 6.92 Å². The lowest BCUT2D eigenvalue weighted by Gasteiger charge is -2.34. The Morgan fingerprint density at radius 1 is 0.971 bits per heavy atom. The number of methoxy groups -OCH3 is 1. The molecule has 10 heteroatoms. The highest BCUT2D eigenvalue weighted by Gasteiger charge is 2.31. The normalized spacial score (nSPS) is 13.8. The van der Waals surface area contributed by atoms with Crippen molar-refractivity contribution < 1.29 is 19.1 Å². The second-order valence-corrected chi connectivity index (χ2v) is 8.26. The Bertz CT molecular complexity index is 1420. The molecule has 0 saturated carbocycles. The average molecular weight is 473 g/mol. The van der Waals surface area contributed by atoms with E-state index in [0.29, 0.717) is 46.8 Å². The van der Waals surface area contributed by atoms with Gasteiger partial charge in [-0.1, -0.05) is 18.2 Å². The summed E-state index contributed by atoms with van der Waals surface area (Å²) in [5.74, 6) is -0.250. The Morgan fingerprint density at radius 2 is 1.69 bits per heavy atom. The molecule has 10 nitrogen and oxygen atoms in total. The summed E-state index contributed by atoms with van der Waals surface area (Å²) in [5.41, 5.74) is 2.13. The van der Waals surface area contributed by atoms with Crippen LogP contribution in [0.1, 0.15) is 26.5 Å². The number of nitrogens with one attached hydrogen (secondary N) is 1. The predicted molar refractivity (Wildman–Crippen MR) is 128 cm³/mol. The first kappa shape index (κ1) is 22.3. The minimum Gasteiger partial charge on any atom is -0.496 e. The molecule has 1 saturated heterocycles. The third-order valence-electron chi connectivity index (χ3n) is 6.16. The van der Waals surface area contributed by atoms with Crippen molar-refractivity contribution in [3.63, 3.8) is 0 Å². The average Bonchev–Trinajstić information content (AvgIpc) is 3.54. The first-order chi connectivity index (χ1) is 17.0. The summed E-state index contributed by atoms with van der Waals surface area (Å²) in [6, 6.07) is 12.6. The van der Waals surface area contributed by atoms with E-state index in [0.717, 1.165) is 0 Å². The van der Waals surface area contributed by atoms with Crippen LogP contribution >= 0.6 is 0 Å². The van der Waals surface area contributed by atoms with Gasteiger partial charge in [-0.3, -0.25) is 14.4 Å². The van der Waals surface area contributed by atoms with Crippen LogP contribution < -0.4 is 4.74 Å². The van der Waals surface area contributed by atoms with E-state index in [1.165, 1.54) is 18.2 Å². The molecule has 0 aliphatic carbocycles. The maximum Gasteiger partial charge on any atom is 0.295 e. The molecule has 178 valence electrons. The molecule has 1 aliphatic heterocycles. The fourth-order valence-electron chi connectivity index (χ4n) is 4.34. The number of Topliss-reactive ketones (excluding diaryl/α,β-unsaturated/α-hetero) is 1. The summed E-state index contributed by atoms with van der Waals surface area (Å²) in [6.07, 6.45) is 3.11. The van der Waals surface area contributed by atoms with E-state index in [2.05, 4.69) is 15.1 Å². The number of ketones is 1. The number of rotatable bonds is 5. The number of amides is 2. The molecule has 0 radical (unpaired) electrons. The van der Waals surface area contributed by atoms with Crippen molar-refractivity contribution in [2.24, 2.45) is 0 Å². The van der Waals surface area contributed by atoms with Crippen LogP contribution in [0.5, 0.6) is 5.75 Å². The molecule has 0 atom stereocenters. The second-order valence-electron chi connectivity index (χ2n) is 8.26. The lowest BCUT2D eigenvalue weighted by atomic mass is 10.1. The summed E-state index contributed by atoms with van der Waals surface area (Å²) in [6.45, 7) is 3.07. The predicted octanol–water partition coefficient (Wildman–Crippen LogP) is 2.23. The molecule has 0 unspecified atom stereocenters. The van der Waals surface area contributed by atoms with Crippen molar-refractivity contribution in [1.29, 1.82) is 0 Å². The van der Waals surface area contributed by atoms with E-state index in [-0.39, 0.29) is 24.6 Å².